The fraction of sp³-hybridized carbons (Fsp3) is 0.571. The van der Waals surface area contributed by atoms with Gasteiger partial charge in [0.15, 0.2) is 11.5 Å². The predicted molar refractivity (Wildman–Crippen MR) is 74.8 cm³/mol. The summed E-state index contributed by atoms with van der Waals surface area (Å²) in [6, 6.07) is 5.96. The molecule has 1 aromatic carbocycles. The third kappa shape index (κ3) is 3.33. The first-order chi connectivity index (χ1) is 8.85. The normalized spacial score (nSPS) is 18.9. The van der Waals surface area contributed by atoms with Crippen molar-refractivity contribution in [3.8, 4) is 11.5 Å². The minimum absolute atomic E-state index is 0.204. The molecular formula is C14H20O3S. The van der Waals surface area contributed by atoms with Crippen LogP contribution >= 0.6 is 11.8 Å². The monoisotopic (exact) mass is 268 g/mol. The quantitative estimate of drug-likeness (QED) is 0.860. The van der Waals surface area contributed by atoms with E-state index in [2.05, 4.69) is 6.07 Å². The SMILES string of the molecule is COc1cccc(CCCO)c1OC1CCSC1. The van der Waals surface area contributed by atoms with Crippen molar-refractivity contribution in [1.29, 1.82) is 0 Å². The van der Waals surface area contributed by atoms with E-state index in [9.17, 15) is 0 Å². The molecule has 0 radical (unpaired) electrons. The largest absolute Gasteiger partial charge is 0.493 e. The van der Waals surface area contributed by atoms with Crippen molar-refractivity contribution in [2.75, 3.05) is 25.2 Å². The van der Waals surface area contributed by atoms with Crippen LogP contribution in [0.1, 0.15) is 18.4 Å². The summed E-state index contributed by atoms with van der Waals surface area (Å²) in [5.74, 6) is 3.88. The highest BCUT2D eigenvalue weighted by Gasteiger charge is 2.20. The van der Waals surface area contributed by atoms with Crippen LogP contribution in [0, 0.1) is 0 Å². The van der Waals surface area contributed by atoms with Crippen molar-refractivity contribution in [1.82, 2.24) is 0 Å². The second-order valence-corrected chi connectivity index (χ2v) is 5.53. The van der Waals surface area contributed by atoms with Crippen LogP contribution in [0.4, 0.5) is 0 Å². The Morgan fingerprint density at radius 3 is 3.00 bits per heavy atom. The van der Waals surface area contributed by atoms with E-state index < -0.39 is 0 Å². The molecule has 18 heavy (non-hydrogen) atoms. The van der Waals surface area contributed by atoms with Gasteiger partial charge < -0.3 is 14.6 Å². The average molecular weight is 268 g/mol. The molecule has 1 N–H and O–H groups in total. The Balaban J connectivity index is 2.16. The van der Waals surface area contributed by atoms with Gasteiger partial charge in [-0.2, -0.15) is 11.8 Å². The lowest BCUT2D eigenvalue weighted by Crippen LogP contribution is -2.16. The number of para-hydroxylation sites is 1. The Bertz CT molecular complexity index is 375. The first-order valence-electron chi connectivity index (χ1n) is 6.36. The van der Waals surface area contributed by atoms with Crippen molar-refractivity contribution in [3.05, 3.63) is 23.8 Å². The van der Waals surface area contributed by atoms with Gasteiger partial charge in [0.25, 0.3) is 0 Å². The van der Waals surface area contributed by atoms with Crippen LogP contribution in [0.2, 0.25) is 0 Å². The van der Waals surface area contributed by atoms with E-state index in [0.717, 1.165) is 42.1 Å². The van der Waals surface area contributed by atoms with Gasteiger partial charge in [-0.25, -0.2) is 0 Å². The third-order valence-electron chi connectivity index (χ3n) is 3.06. The van der Waals surface area contributed by atoms with E-state index in [1.54, 1.807) is 7.11 Å². The minimum atomic E-state index is 0.204. The van der Waals surface area contributed by atoms with Crippen molar-refractivity contribution >= 4 is 11.8 Å². The molecule has 0 bridgehead atoms. The molecule has 3 nitrogen and oxygen atoms in total. The van der Waals surface area contributed by atoms with E-state index in [1.165, 1.54) is 5.75 Å². The van der Waals surface area contributed by atoms with Gasteiger partial charge in [0.05, 0.1) is 7.11 Å². The number of hydrogen-bond acceptors (Lipinski definition) is 4. The molecule has 4 heteroatoms. The lowest BCUT2D eigenvalue weighted by Gasteiger charge is -2.18. The van der Waals surface area contributed by atoms with Crippen LogP contribution in [0.3, 0.4) is 0 Å². The number of aliphatic hydroxyl groups excluding tert-OH is 1. The standard InChI is InChI=1S/C14H20O3S/c1-16-13-6-2-4-11(5-3-8-15)14(13)17-12-7-9-18-10-12/h2,4,6,12,15H,3,5,7-10H2,1H3. The number of thioether (sulfide) groups is 1. The zero-order chi connectivity index (χ0) is 12.8. The number of aryl methyl sites for hydroxylation is 1. The molecule has 1 aromatic rings. The van der Waals surface area contributed by atoms with Crippen molar-refractivity contribution in [2.24, 2.45) is 0 Å². The Kier molecular flexibility index (Phi) is 5.20. The van der Waals surface area contributed by atoms with Gasteiger partial charge in [-0.3, -0.25) is 0 Å². The van der Waals surface area contributed by atoms with Gasteiger partial charge in [0.1, 0.15) is 6.10 Å². The topological polar surface area (TPSA) is 38.7 Å². The highest BCUT2D eigenvalue weighted by molar-refractivity contribution is 7.99. The highest BCUT2D eigenvalue weighted by atomic mass is 32.2. The maximum atomic E-state index is 8.95. The number of aliphatic hydroxyl groups is 1. The van der Waals surface area contributed by atoms with E-state index in [4.69, 9.17) is 14.6 Å². The Morgan fingerprint density at radius 2 is 2.33 bits per heavy atom. The summed E-state index contributed by atoms with van der Waals surface area (Å²) >= 11 is 1.93. The van der Waals surface area contributed by atoms with Crippen molar-refractivity contribution in [3.63, 3.8) is 0 Å². The van der Waals surface area contributed by atoms with Gasteiger partial charge in [-0.15, -0.1) is 0 Å². The molecule has 1 saturated heterocycles. The van der Waals surface area contributed by atoms with Gasteiger partial charge in [0.2, 0.25) is 0 Å². The predicted octanol–water partition coefficient (Wildman–Crippen LogP) is 2.50. The van der Waals surface area contributed by atoms with E-state index in [0.29, 0.717) is 6.10 Å². The van der Waals surface area contributed by atoms with Crippen LogP contribution < -0.4 is 9.47 Å². The zero-order valence-electron chi connectivity index (χ0n) is 10.7. The molecule has 0 amide bonds. The van der Waals surface area contributed by atoms with Gasteiger partial charge in [0, 0.05) is 12.4 Å². The van der Waals surface area contributed by atoms with E-state index >= 15 is 0 Å². The molecule has 1 atom stereocenters. The maximum absolute atomic E-state index is 8.95. The molecule has 1 fully saturated rings. The van der Waals surface area contributed by atoms with Crippen LogP contribution in [-0.4, -0.2) is 36.4 Å². The second kappa shape index (κ2) is 6.90. The second-order valence-electron chi connectivity index (χ2n) is 4.38. The third-order valence-corrected chi connectivity index (χ3v) is 4.19. The van der Waals surface area contributed by atoms with Gasteiger partial charge >= 0.3 is 0 Å². The molecule has 0 aliphatic carbocycles. The number of rotatable bonds is 6. The summed E-state index contributed by atoms with van der Waals surface area (Å²) in [7, 11) is 1.67. The summed E-state index contributed by atoms with van der Waals surface area (Å²) in [6.45, 7) is 0.204. The van der Waals surface area contributed by atoms with Crippen LogP contribution in [0.15, 0.2) is 18.2 Å². The number of methoxy groups -OCH3 is 1. The lowest BCUT2D eigenvalue weighted by atomic mass is 10.1. The molecule has 0 spiro atoms. The summed E-state index contributed by atoms with van der Waals surface area (Å²) in [6.07, 6.45) is 2.97. The molecule has 1 aliphatic rings. The molecule has 100 valence electrons. The van der Waals surface area contributed by atoms with Crippen LogP contribution in [0.25, 0.3) is 0 Å². The molecule has 1 unspecified atom stereocenters. The molecule has 0 aromatic heterocycles. The van der Waals surface area contributed by atoms with Gasteiger partial charge in [-0.1, -0.05) is 12.1 Å². The summed E-state index contributed by atoms with van der Waals surface area (Å²) in [5, 5.41) is 8.95. The summed E-state index contributed by atoms with van der Waals surface area (Å²) in [5.41, 5.74) is 1.13. The van der Waals surface area contributed by atoms with E-state index in [1.807, 2.05) is 23.9 Å². The molecule has 0 saturated carbocycles. The summed E-state index contributed by atoms with van der Waals surface area (Å²) < 4.78 is 11.5. The Labute approximate surface area is 112 Å². The highest BCUT2D eigenvalue weighted by Crippen LogP contribution is 2.34. The maximum Gasteiger partial charge on any atom is 0.164 e. The fourth-order valence-electron chi connectivity index (χ4n) is 2.09. The summed E-state index contributed by atoms with van der Waals surface area (Å²) in [4.78, 5) is 0. The van der Waals surface area contributed by atoms with Gasteiger partial charge in [-0.05, 0) is 36.6 Å². The molecular weight excluding hydrogens is 248 g/mol. The Morgan fingerprint density at radius 1 is 1.44 bits per heavy atom. The number of hydrogen-bond donors (Lipinski definition) is 1. The van der Waals surface area contributed by atoms with Crippen molar-refractivity contribution < 1.29 is 14.6 Å². The van der Waals surface area contributed by atoms with E-state index in [-0.39, 0.29) is 6.61 Å². The molecule has 2 rings (SSSR count). The van der Waals surface area contributed by atoms with Crippen molar-refractivity contribution in [2.45, 2.75) is 25.4 Å². The zero-order valence-corrected chi connectivity index (χ0v) is 11.5. The Hall–Kier alpha value is -0.870. The fourth-order valence-corrected chi connectivity index (χ4v) is 3.19. The first kappa shape index (κ1) is 13.6. The number of benzene rings is 1. The smallest absolute Gasteiger partial charge is 0.164 e. The molecule has 1 aliphatic heterocycles. The van der Waals surface area contributed by atoms with Crippen LogP contribution in [0.5, 0.6) is 11.5 Å². The first-order valence-corrected chi connectivity index (χ1v) is 7.51. The average Bonchev–Trinajstić information content (AvgIpc) is 2.90. The van der Waals surface area contributed by atoms with Crippen LogP contribution in [-0.2, 0) is 6.42 Å². The lowest BCUT2D eigenvalue weighted by molar-refractivity contribution is 0.215. The molecule has 1 heterocycles. The minimum Gasteiger partial charge on any atom is -0.493 e. The number of ether oxygens (including phenoxy) is 2.